The van der Waals surface area contributed by atoms with Gasteiger partial charge in [-0.05, 0) is 24.1 Å². The van der Waals surface area contributed by atoms with Crippen LogP contribution >= 0.6 is 11.8 Å². The minimum absolute atomic E-state index is 0.167. The molecule has 130 valence electrons. The summed E-state index contributed by atoms with van der Waals surface area (Å²) in [5, 5.41) is 3.98. The van der Waals surface area contributed by atoms with E-state index >= 15 is 0 Å². The first-order valence-corrected chi connectivity index (χ1v) is 9.29. The van der Waals surface area contributed by atoms with Crippen molar-refractivity contribution in [3.05, 3.63) is 71.6 Å². The van der Waals surface area contributed by atoms with Crippen LogP contribution in [0.3, 0.4) is 0 Å². The highest BCUT2D eigenvalue weighted by Gasteiger charge is 2.18. The van der Waals surface area contributed by atoms with E-state index < -0.39 is 0 Å². The largest absolute Gasteiger partial charge is 0.339 e. The van der Waals surface area contributed by atoms with Gasteiger partial charge in [0.05, 0.1) is 11.7 Å². The molecule has 0 spiro atoms. The Kier molecular flexibility index (Phi) is 5.83. The highest BCUT2D eigenvalue weighted by molar-refractivity contribution is 7.98. The van der Waals surface area contributed by atoms with Gasteiger partial charge in [0, 0.05) is 17.9 Å². The summed E-state index contributed by atoms with van der Waals surface area (Å²) >= 11 is 1.66. The third kappa shape index (κ3) is 4.27. The van der Waals surface area contributed by atoms with Crippen molar-refractivity contribution in [1.29, 1.82) is 0 Å². The molecule has 2 N–H and O–H groups in total. The van der Waals surface area contributed by atoms with Crippen LogP contribution in [0.1, 0.15) is 30.1 Å². The maximum absolute atomic E-state index is 14.5. The van der Waals surface area contributed by atoms with Crippen LogP contribution in [0.4, 0.5) is 4.39 Å². The number of thioether (sulfide) groups is 1. The molecule has 0 aliphatic rings. The van der Waals surface area contributed by atoms with Gasteiger partial charge < -0.3 is 10.3 Å². The van der Waals surface area contributed by atoms with Crippen molar-refractivity contribution in [2.75, 3.05) is 12.3 Å². The molecular formula is C19H20FN3OS. The van der Waals surface area contributed by atoms with E-state index in [-0.39, 0.29) is 11.7 Å². The summed E-state index contributed by atoms with van der Waals surface area (Å²) in [5.41, 5.74) is 7.72. The molecule has 4 nitrogen and oxygen atoms in total. The third-order valence-electron chi connectivity index (χ3n) is 3.93. The topological polar surface area (TPSA) is 64.9 Å². The van der Waals surface area contributed by atoms with Crippen molar-refractivity contribution < 1.29 is 8.91 Å². The molecule has 0 radical (unpaired) electrons. The summed E-state index contributed by atoms with van der Waals surface area (Å²) in [6.45, 7) is 2.56. The fourth-order valence-corrected chi connectivity index (χ4v) is 3.15. The zero-order valence-electron chi connectivity index (χ0n) is 14.0. The molecule has 0 bridgehead atoms. The quantitative estimate of drug-likeness (QED) is 0.641. The zero-order valence-corrected chi connectivity index (χ0v) is 14.8. The number of benzene rings is 2. The smallest absolute Gasteiger partial charge is 0.233 e. The van der Waals surface area contributed by atoms with Gasteiger partial charge in [-0.3, -0.25) is 0 Å². The predicted molar refractivity (Wildman–Crippen MR) is 98.9 cm³/mol. The minimum atomic E-state index is -0.256. The number of rotatable bonds is 7. The lowest BCUT2D eigenvalue weighted by atomic mass is 9.97. The van der Waals surface area contributed by atoms with E-state index in [4.69, 9.17) is 10.3 Å². The Labute approximate surface area is 150 Å². The van der Waals surface area contributed by atoms with Gasteiger partial charge in [0.15, 0.2) is 5.82 Å². The molecule has 1 unspecified atom stereocenters. The van der Waals surface area contributed by atoms with Crippen LogP contribution in [0.5, 0.6) is 0 Å². The van der Waals surface area contributed by atoms with Gasteiger partial charge in [-0.15, -0.1) is 0 Å². The van der Waals surface area contributed by atoms with Gasteiger partial charge in [-0.1, -0.05) is 47.6 Å². The zero-order chi connectivity index (χ0) is 17.6. The molecule has 3 aromatic rings. The summed E-state index contributed by atoms with van der Waals surface area (Å²) in [6.07, 6.45) is 0. The average molecular weight is 357 g/mol. The van der Waals surface area contributed by atoms with Gasteiger partial charge in [-0.2, -0.15) is 16.7 Å². The lowest BCUT2D eigenvalue weighted by Gasteiger charge is -2.10. The summed E-state index contributed by atoms with van der Waals surface area (Å²) in [4.78, 5) is 4.41. The first-order chi connectivity index (χ1) is 12.2. The summed E-state index contributed by atoms with van der Waals surface area (Å²) in [7, 11) is 0. The van der Waals surface area contributed by atoms with E-state index in [1.54, 1.807) is 23.9 Å². The van der Waals surface area contributed by atoms with Crippen LogP contribution in [0, 0.1) is 5.82 Å². The first-order valence-electron chi connectivity index (χ1n) is 8.14. The van der Waals surface area contributed by atoms with Gasteiger partial charge in [0.25, 0.3) is 0 Å². The van der Waals surface area contributed by atoms with Crippen LogP contribution < -0.4 is 5.73 Å². The second kappa shape index (κ2) is 8.27. The fourth-order valence-electron chi connectivity index (χ4n) is 2.54. The van der Waals surface area contributed by atoms with Crippen molar-refractivity contribution in [3.63, 3.8) is 0 Å². The fraction of sp³-hybridized carbons (Fsp3) is 0.263. The van der Waals surface area contributed by atoms with E-state index in [1.165, 1.54) is 0 Å². The van der Waals surface area contributed by atoms with Crippen LogP contribution in [-0.4, -0.2) is 22.4 Å². The van der Waals surface area contributed by atoms with E-state index in [0.29, 0.717) is 29.6 Å². The van der Waals surface area contributed by atoms with Crippen molar-refractivity contribution >= 4 is 11.8 Å². The molecule has 6 heteroatoms. The number of hydrogen-bond acceptors (Lipinski definition) is 5. The van der Waals surface area contributed by atoms with Crippen LogP contribution in [0.25, 0.3) is 11.1 Å². The first kappa shape index (κ1) is 17.6. The maximum atomic E-state index is 14.5. The second-order valence-corrected chi connectivity index (χ2v) is 6.82. The number of aromatic nitrogens is 2. The Morgan fingerprint density at radius 2 is 2.00 bits per heavy atom. The normalized spacial score (nSPS) is 12.3. The monoisotopic (exact) mass is 357 g/mol. The summed E-state index contributed by atoms with van der Waals surface area (Å²) in [6, 6.07) is 14.7. The number of nitrogens with zero attached hydrogens (tertiary/aromatic N) is 2. The molecule has 0 fully saturated rings. The molecule has 0 aliphatic carbocycles. The van der Waals surface area contributed by atoms with Crippen LogP contribution in [0.15, 0.2) is 53.1 Å². The Bertz CT molecular complexity index is 823. The second-order valence-electron chi connectivity index (χ2n) is 5.72. The SMILES string of the molecule is CC(c1ccc(-c2ccccc2)c(F)c1)c1nc(CSCCN)no1. The molecule has 0 amide bonds. The van der Waals surface area contributed by atoms with E-state index in [1.807, 2.05) is 43.3 Å². The third-order valence-corrected chi connectivity index (χ3v) is 4.91. The molecular weight excluding hydrogens is 337 g/mol. The molecule has 1 atom stereocenters. The Hall–Kier alpha value is -2.18. The molecule has 3 rings (SSSR count). The van der Waals surface area contributed by atoms with Gasteiger partial charge in [0.1, 0.15) is 5.82 Å². The van der Waals surface area contributed by atoms with Crippen molar-refractivity contribution in [3.8, 4) is 11.1 Å². The van der Waals surface area contributed by atoms with Crippen molar-refractivity contribution in [2.24, 2.45) is 5.73 Å². The number of nitrogens with two attached hydrogens (primary N) is 1. The van der Waals surface area contributed by atoms with E-state index in [0.717, 1.165) is 16.9 Å². The van der Waals surface area contributed by atoms with E-state index in [9.17, 15) is 4.39 Å². The predicted octanol–water partition coefficient (Wildman–Crippen LogP) is 4.22. The molecule has 25 heavy (non-hydrogen) atoms. The molecule has 0 aliphatic heterocycles. The molecule has 0 saturated carbocycles. The summed E-state index contributed by atoms with van der Waals surface area (Å²) in [5.74, 6) is 2.23. The van der Waals surface area contributed by atoms with Crippen LogP contribution in [0.2, 0.25) is 0 Å². The summed E-state index contributed by atoms with van der Waals surface area (Å²) < 4.78 is 19.9. The molecule has 1 heterocycles. The lowest BCUT2D eigenvalue weighted by molar-refractivity contribution is 0.366. The van der Waals surface area contributed by atoms with Crippen molar-refractivity contribution in [2.45, 2.75) is 18.6 Å². The maximum Gasteiger partial charge on any atom is 0.233 e. The average Bonchev–Trinajstić information content (AvgIpc) is 3.11. The number of hydrogen-bond donors (Lipinski definition) is 1. The van der Waals surface area contributed by atoms with E-state index in [2.05, 4.69) is 10.1 Å². The van der Waals surface area contributed by atoms with Crippen LogP contribution in [-0.2, 0) is 5.75 Å². The Balaban J connectivity index is 1.76. The standard InChI is InChI=1S/C19H20FN3OS/c1-13(19-22-18(23-24-19)12-25-10-9-21)15-7-8-16(17(20)11-15)14-5-3-2-4-6-14/h2-8,11,13H,9-10,12,21H2,1H3. The number of halogens is 1. The Morgan fingerprint density at radius 1 is 1.20 bits per heavy atom. The Morgan fingerprint density at radius 3 is 2.72 bits per heavy atom. The molecule has 1 aromatic heterocycles. The van der Waals surface area contributed by atoms with Gasteiger partial charge in [-0.25, -0.2) is 4.39 Å². The lowest BCUT2D eigenvalue weighted by Crippen LogP contribution is -2.02. The highest BCUT2D eigenvalue weighted by atomic mass is 32.2. The van der Waals surface area contributed by atoms with Gasteiger partial charge >= 0.3 is 0 Å². The minimum Gasteiger partial charge on any atom is -0.339 e. The molecule has 0 saturated heterocycles. The molecule has 2 aromatic carbocycles. The highest BCUT2D eigenvalue weighted by Crippen LogP contribution is 2.29. The van der Waals surface area contributed by atoms with Crippen molar-refractivity contribution in [1.82, 2.24) is 10.1 Å². The van der Waals surface area contributed by atoms with Gasteiger partial charge in [0.2, 0.25) is 5.89 Å².